The number of aryl methyl sites for hydroxylation is 1. The van der Waals surface area contributed by atoms with Crippen molar-refractivity contribution in [2.75, 3.05) is 0 Å². The van der Waals surface area contributed by atoms with Crippen molar-refractivity contribution in [3.63, 3.8) is 0 Å². The molecule has 0 heterocycles. The molecular weight excluding hydrogens is 356 g/mol. The van der Waals surface area contributed by atoms with Crippen LogP contribution in [-0.4, -0.2) is 10.9 Å². The predicted molar refractivity (Wildman–Crippen MR) is 120 cm³/mol. The molecule has 0 bridgehead atoms. The number of hydrogen-bond donors (Lipinski definition) is 1. The van der Waals surface area contributed by atoms with Gasteiger partial charge in [-0.2, -0.15) is 0 Å². The largest absolute Gasteiger partial charge is 0.508 e. The summed E-state index contributed by atoms with van der Waals surface area (Å²) in [6, 6.07) is 4.15. The van der Waals surface area contributed by atoms with Crippen molar-refractivity contribution in [3.8, 4) is 5.75 Å². The molecular formula is C27H34O2. The van der Waals surface area contributed by atoms with Crippen molar-refractivity contribution < 1.29 is 9.90 Å². The van der Waals surface area contributed by atoms with Crippen LogP contribution in [-0.2, 0) is 4.79 Å². The first-order valence-electron chi connectivity index (χ1n) is 11.5. The van der Waals surface area contributed by atoms with Crippen LogP contribution in [0, 0.1) is 12.8 Å². The lowest BCUT2D eigenvalue weighted by Crippen LogP contribution is -2.15. The van der Waals surface area contributed by atoms with Gasteiger partial charge >= 0.3 is 0 Å². The van der Waals surface area contributed by atoms with Gasteiger partial charge in [0.1, 0.15) is 5.75 Å². The van der Waals surface area contributed by atoms with E-state index in [0.717, 1.165) is 11.1 Å². The van der Waals surface area contributed by atoms with E-state index in [2.05, 4.69) is 18.2 Å². The van der Waals surface area contributed by atoms with E-state index in [-0.39, 0.29) is 5.78 Å². The molecule has 2 heteroatoms. The van der Waals surface area contributed by atoms with Crippen LogP contribution in [0.3, 0.4) is 0 Å². The summed E-state index contributed by atoms with van der Waals surface area (Å²) in [6.45, 7) is 3.90. The summed E-state index contributed by atoms with van der Waals surface area (Å²) in [5.41, 5.74) is 6.70. The number of benzene rings is 1. The van der Waals surface area contributed by atoms with E-state index >= 15 is 0 Å². The summed E-state index contributed by atoms with van der Waals surface area (Å²) in [5, 5.41) is 10.4. The van der Waals surface area contributed by atoms with Crippen LogP contribution in [0.1, 0.15) is 93.7 Å². The maximum absolute atomic E-state index is 12.5. The predicted octanol–water partition coefficient (Wildman–Crippen LogP) is 7.17. The standard InChI is InChI=1S/C27H34O2/c1-18-13-22(24(16-26(18)28)20-9-5-3-6-10-20)15-23-14-19(2)27(29)17-25(23)21-11-7-4-8-12-21/h13-17,20-21,28H,3-12H2,1-2H3. The lowest BCUT2D eigenvalue weighted by molar-refractivity contribution is -0.111. The molecule has 0 atom stereocenters. The van der Waals surface area contributed by atoms with Crippen LogP contribution < -0.4 is 0 Å². The normalized spacial score (nSPS) is 23.2. The first-order valence-corrected chi connectivity index (χ1v) is 11.5. The zero-order valence-corrected chi connectivity index (χ0v) is 18.0. The lowest BCUT2D eigenvalue weighted by atomic mass is 9.76. The van der Waals surface area contributed by atoms with E-state index in [9.17, 15) is 9.90 Å². The van der Waals surface area contributed by atoms with Gasteiger partial charge in [0.25, 0.3) is 0 Å². The zero-order chi connectivity index (χ0) is 20.4. The molecule has 2 saturated carbocycles. The second kappa shape index (κ2) is 8.73. The molecule has 3 aliphatic carbocycles. The van der Waals surface area contributed by atoms with Crippen LogP contribution in [0.15, 0.2) is 41.0 Å². The summed E-state index contributed by atoms with van der Waals surface area (Å²) in [4.78, 5) is 12.5. The van der Waals surface area contributed by atoms with E-state index < -0.39 is 0 Å². The Morgan fingerprint density at radius 3 is 2.14 bits per heavy atom. The Balaban J connectivity index is 1.77. The zero-order valence-electron chi connectivity index (χ0n) is 18.0. The van der Waals surface area contributed by atoms with Gasteiger partial charge < -0.3 is 5.11 Å². The van der Waals surface area contributed by atoms with Crippen molar-refractivity contribution in [1.29, 1.82) is 0 Å². The highest BCUT2D eigenvalue weighted by Crippen LogP contribution is 2.41. The van der Waals surface area contributed by atoms with Crippen LogP contribution >= 0.6 is 0 Å². The number of hydrogen-bond acceptors (Lipinski definition) is 2. The SMILES string of the molecule is CC1=CC(=Cc2cc(C)c(O)cc2C2CCCCC2)C(C2CCCCC2)=CC1=O. The molecule has 2 nitrogen and oxygen atoms in total. The quantitative estimate of drug-likeness (QED) is 0.594. The maximum Gasteiger partial charge on any atom is 0.181 e. The number of aromatic hydroxyl groups is 1. The Labute approximate surface area is 175 Å². The first-order chi connectivity index (χ1) is 14.0. The van der Waals surface area contributed by atoms with Gasteiger partial charge in [-0.15, -0.1) is 0 Å². The van der Waals surface area contributed by atoms with Gasteiger partial charge in [-0.25, -0.2) is 0 Å². The highest BCUT2D eigenvalue weighted by Gasteiger charge is 2.25. The number of rotatable bonds is 3. The lowest BCUT2D eigenvalue weighted by Gasteiger charge is -2.28. The molecule has 0 amide bonds. The molecule has 1 N–H and O–H groups in total. The Hall–Kier alpha value is -2.09. The molecule has 2 fully saturated rings. The summed E-state index contributed by atoms with van der Waals surface area (Å²) in [5.74, 6) is 1.59. The van der Waals surface area contributed by atoms with Crippen LogP contribution in [0.5, 0.6) is 5.75 Å². The van der Waals surface area contributed by atoms with Crippen LogP contribution in [0.25, 0.3) is 6.08 Å². The van der Waals surface area contributed by atoms with Crippen molar-refractivity contribution in [1.82, 2.24) is 0 Å². The molecule has 3 aliphatic rings. The molecule has 0 aliphatic heterocycles. The van der Waals surface area contributed by atoms with Crippen LogP contribution in [0.4, 0.5) is 0 Å². The number of carbonyl (C=O) groups excluding carboxylic acids is 1. The molecule has 154 valence electrons. The minimum atomic E-state index is 0.164. The van der Waals surface area contributed by atoms with Crippen molar-refractivity contribution >= 4 is 11.9 Å². The fraction of sp³-hybridized carbons (Fsp3) is 0.519. The Kier molecular flexibility index (Phi) is 6.08. The Morgan fingerprint density at radius 2 is 1.48 bits per heavy atom. The van der Waals surface area contributed by atoms with Crippen molar-refractivity contribution in [3.05, 3.63) is 57.7 Å². The van der Waals surface area contributed by atoms with E-state index in [0.29, 0.717) is 17.6 Å². The fourth-order valence-electron chi connectivity index (χ4n) is 5.41. The molecule has 0 spiro atoms. The van der Waals surface area contributed by atoms with Gasteiger partial charge in [0.05, 0.1) is 0 Å². The van der Waals surface area contributed by atoms with Gasteiger partial charge in [-0.3, -0.25) is 4.79 Å². The van der Waals surface area contributed by atoms with Gasteiger partial charge in [-0.05, 0) is 115 Å². The van der Waals surface area contributed by atoms with Gasteiger partial charge in [0.2, 0.25) is 0 Å². The molecule has 0 unspecified atom stereocenters. The summed E-state index contributed by atoms with van der Waals surface area (Å²) < 4.78 is 0. The van der Waals surface area contributed by atoms with Gasteiger partial charge in [-0.1, -0.05) is 38.5 Å². The number of allylic oxidation sites excluding steroid dienone is 5. The number of phenols is 1. The van der Waals surface area contributed by atoms with E-state index in [1.807, 2.05) is 26.0 Å². The maximum atomic E-state index is 12.5. The van der Waals surface area contributed by atoms with Crippen LogP contribution in [0.2, 0.25) is 0 Å². The molecule has 0 saturated heterocycles. The van der Waals surface area contributed by atoms with E-state index in [1.54, 1.807) is 0 Å². The fourth-order valence-corrected chi connectivity index (χ4v) is 5.41. The van der Waals surface area contributed by atoms with Gasteiger partial charge in [0, 0.05) is 0 Å². The minimum absolute atomic E-state index is 0.164. The first kappa shape index (κ1) is 20.2. The molecule has 1 aromatic rings. The third kappa shape index (κ3) is 4.42. The molecule has 4 rings (SSSR count). The average Bonchev–Trinajstić information content (AvgIpc) is 2.74. The highest BCUT2D eigenvalue weighted by molar-refractivity contribution is 6.07. The van der Waals surface area contributed by atoms with Crippen molar-refractivity contribution in [2.24, 2.45) is 5.92 Å². The monoisotopic (exact) mass is 390 g/mol. The Bertz CT molecular complexity index is 872. The molecule has 29 heavy (non-hydrogen) atoms. The minimum Gasteiger partial charge on any atom is -0.508 e. The highest BCUT2D eigenvalue weighted by atomic mass is 16.3. The Morgan fingerprint density at radius 1 is 0.862 bits per heavy atom. The van der Waals surface area contributed by atoms with Crippen molar-refractivity contribution in [2.45, 2.75) is 84.0 Å². The second-order valence-corrected chi connectivity index (χ2v) is 9.33. The summed E-state index contributed by atoms with van der Waals surface area (Å²) >= 11 is 0. The smallest absolute Gasteiger partial charge is 0.181 e. The molecule has 1 aromatic carbocycles. The number of ketones is 1. The third-order valence-electron chi connectivity index (χ3n) is 7.18. The average molecular weight is 391 g/mol. The summed E-state index contributed by atoms with van der Waals surface area (Å²) in [6.07, 6.45) is 18.8. The molecule has 0 radical (unpaired) electrons. The topological polar surface area (TPSA) is 37.3 Å². The number of phenolic OH excluding ortho intramolecular Hbond substituents is 1. The second-order valence-electron chi connectivity index (χ2n) is 9.33. The van der Waals surface area contributed by atoms with E-state index in [4.69, 9.17) is 0 Å². The third-order valence-corrected chi connectivity index (χ3v) is 7.18. The summed E-state index contributed by atoms with van der Waals surface area (Å²) in [7, 11) is 0. The molecule has 0 aromatic heterocycles. The van der Waals surface area contributed by atoms with E-state index in [1.165, 1.54) is 86.5 Å². The van der Waals surface area contributed by atoms with Gasteiger partial charge in [0.15, 0.2) is 5.78 Å². The number of carbonyl (C=O) groups is 1.